The van der Waals surface area contributed by atoms with Gasteiger partial charge in [0.25, 0.3) is 0 Å². The number of carboxylic acids is 1. The van der Waals surface area contributed by atoms with Gasteiger partial charge in [-0.1, -0.05) is 12.1 Å². The summed E-state index contributed by atoms with van der Waals surface area (Å²) in [6.07, 6.45) is 1.38. The Morgan fingerprint density at radius 1 is 1.33 bits per heavy atom. The van der Waals surface area contributed by atoms with Gasteiger partial charge in [-0.05, 0) is 30.7 Å². The van der Waals surface area contributed by atoms with E-state index >= 15 is 0 Å². The van der Waals surface area contributed by atoms with Crippen molar-refractivity contribution in [2.45, 2.75) is 6.92 Å². The highest BCUT2D eigenvalue weighted by molar-refractivity contribution is 5.99. The number of ether oxygens (including phenoxy) is 1. The lowest BCUT2D eigenvalue weighted by Gasteiger charge is -2.09. The lowest BCUT2D eigenvalue weighted by atomic mass is 9.98. The van der Waals surface area contributed by atoms with Crippen LogP contribution in [0.2, 0.25) is 0 Å². The van der Waals surface area contributed by atoms with Crippen LogP contribution in [0.25, 0.3) is 6.08 Å². The standard InChI is InChI=1S/C13H13FO4/c1-8(12(15)16)11(13(17)18-2)7-9-3-5-10(14)6-4-9/h3-8H,1-2H3,(H,15,16)/b11-7+. The van der Waals surface area contributed by atoms with Gasteiger partial charge in [-0.25, -0.2) is 9.18 Å². The average Bonchev–Trinajstić information content (AvgIpc) is 2.36. The summed E-state index contributed by atoms with van der Waals surface area (Å²) in [6, 6.07) is 5.36. The van der Waals surface area contributed by atoms with Crippen molar-refractivity contribution < 1.29 is 23.8 Å². The number of carbonyl (C=O) groups excluding carboxylic acids is 1. The summed E-state index contributed by atoms with van der Waals surface area (Å²) in [4.78, 5) is 22.4. The second-order valence-corrected chi connectivity index (χ2v) is 3.70. The van der Waals surface area contributed by atoms with Crippen molar-refractivity contribution in [2.24, 2.45) is 5.92 Å². The molecular weight excluding hydrogens is 239 g/mol. The highest BCUT2D eigenvalue weighted by Crippen LogP contribution is 2.17. The predicted octanol–water partition coefficient (Wildman–Crippen LogP) is 2.10. The van der Waals surface area contributed by atoms with Crippen LogP contribution in [0.15, 0.2) is 29.8 Å². The summed E-state index contributed by atoms with van der Waals surface area (Å²) in [5.74, 6) is -3.25. The lowest BCUT2D eigenvalue weighted by molar-refractivity contribution is -0.144. The molecule has 1 N–H and O–H groups in total. The molecule has 0 amide bonds. The molecule has 1 aromatic rings. The van der Waals surface area contributed by atoms with Gasteiger partial charge in [-0.3, -0.25) is 4.79 Å². The molecule has 1 aromatic carbocycles. The fourth-order valence-corrected chi connectivity index (χ4v) is 1.35. The zero-order valence-electron chi connectivity index (χ0n) is 10.0. The molecule has 1 atom stereocenters. The van der Waals surface area contributed by atoms with Gasteiger partial charge in [-0.15, -0.1) is 0 Å². The Labute approximate surface area is 104 Å². The molecule has 0 aromatic heterocycles. The smallest absolute Gasteiger partial charge is 0.334 e. The number of methoxy groups -OCH3 is 1. The van der Waals surface area contributed by atoms with Crippen molar-refractivity contribution in [2.75, 3.05) is 7.11 Å². The van der Waals surface area contributed by atoms with Crippen molar-refractivity contribution in [3.63, 3.8) is 0 Å². The molecule has 96 valence electrons. The number of hydrogen-bond acceptors (Lipinski definition) is 3. The van der Waals surface area contributed by atoms with E-state index in [9.17, 15) is 14.0 Å². The van der Waals surface area contributed by atoms with Crippen molar-refractivity contribution in [3.8, 4) is 0 Å². The zero-order valence-corrected chi connectivity index (χ0v) is 10.0. The maximum Gasteiger partial charge on any atom is 0.334 e. The van der Waals surface area contributed by atoms with E-state index in [4.69, 9.17) is 5.11 Å². The van der Waals surface area contributed by atoms with Crippen LogP contribution in [0.1, 0.15) is 12.5 Å². The van der Waals surface area contributed by atoms with E-state index in [1.165, 1.54) is 44.4 Å². The van der Waals surface area contributed by atoms with Gasteiger partial charge in [0.2, 0.25) is 0 Å². The summed E-state index contributed by atoms with van der Waals surface area (Å²) in [7, 11) is 1.18. The first kappa shape index (κ1) is 13.9. The second-order valence-electron chi connectivity index (χ2n) is 3.70. The molecule has 18 heavy (non-hydrogen) atoms. The minimum Gasteiger partial charge on any atom is -0.481 e. The van der Waals surface area contributed by atoms with Crippen LogP contribution in [0.3, 0.4) is 0 Å². The van der Waals surface area contributed by atoms with Crippen molar-refractivity contribution in [1.82, 2.24) is 0 Å². The van der Waals surface area contributed by atoms with E-state index in [0.29, 0.717) is 5.56 Å². The van der Waals surface area contributed by atoms with Crippen LogP contribution in [-0.4, -0.2) is 24.2 Å². The minimum atomic E-state index is -1.13. The fourth-order valence-electron chi connectivity index (χ4n) is 1.35. The summed E-state index contributed by atoms with van der Waals surface area (Å²) in [5, 5.41) is 8.91. The molecule has 0 spiro atoms. The van der Waals surface area contributed by atoms with E-state index in [1.54, 1.807) is 0 Å². The Morgan fingerprint density at radius 3 is 2.33 bits per heavy atom. The Kier molecular flexibility index (Phi) is 4.59. The Bertz CT molecular complexity index is 476. The maximum atomic E-state index is 12.7. The molecule has 1 unspecified atom stereocenters. The normalized spacial score (nSPS) is 12.9. The van der Waals surface area contributed by atoms with Crippen LogP contribution >= 0.6 is 0 Å². The van der Waals surface area contributed by atoms with Crippen LogP contribution in [0.4, 0.5) is 4.39 Å². The first-order valence-corrected chi connectivity index (χ1v) is 5.24. The Hall–Kier alpha value is -2.17. The molecule has 0 bridgehead atoms. The third kappa shape index (κ3) is 3.41. The Morgan fingerprint density at radius 2 is 1.89 bits per heavy atom. The van der Waals surface area contributed by atoms with Gasteiger partial charge < -0.3 is 9.84 Å². The quantitative estimate of drug-likeness (QED) is 0.658. The fraction of sp³-hybridized carbons (Fsp3) is 0.231. The third-order valence-corrected chi connectivity index (χ3v) is 2.45. The first-order chi connectivity index (χ1) is 8.45. The number of carbonyl (C=O) groups is 2. The van der Waals surface area contributed by atoms with E-state index in [-0.39, 0.29) is 5.57 Å². The van der Waals surface area contributed by atoms with Crippen molar-refractivity contribution in [3.05, 3.63) is 41.2 Å². The largest absolute Gasteiger partial charge is 0.481 e. The number of rotatable bonds is 4. The molecule has 0 radical (unpaired) electrons. The van der Waals surface area contributed by atoms with Crippen LogP contribution in [-0.2, 0) is 14.3 Å². The molecular formula is C13H13FO4. The van der Waals surface area contributed by atoms with Crippen LogP contribution in [0.5, 0.6) is 0 Å². The van der Waals surface area contributed by atoms with Gasteiger partial charge in [0, 0.05) is 0 Å². The molecule has 0 heterocycles. The monoisotopic (exact) mass is 252 g/mol. The maximum absolute atomic E-state index is 12.7. The lowest BCUT2D eigenvalue weighted by Crippen LogP contribution is -2.19. The van der Waals surface area contributed by atoms with Crippen LogP contribution < -0.4 is 0 Å². The molecule has 0 aliphatic carbocycles. The topological polar surface area (TPSA) is 63.6 Å². The SMILES string of the molecule is COC(=O)/C(=C/c1ccc(F)cc1)C(C)C(=O)O. The minimum absolute atomic E-state index is 0.0107. The zero-order chi connectivity index (χ0) is 13.7. The molecule has 5 heteroatoms. The predicted molar refractivity (Wildman–Crippen MR) is 63.2 cm³/mol. The third-order valence-electron chi connectivity index (χ3n) is 2.45. The van der Waals surface area contributed by atoms with Crippen LogP contribution in [0, 0.1) is 11.7 Å². The van der Waals surface area contributed by atoms with E-state index < -0.39 is 23.7 Å². The molecule has 0 saturated heterocycles. The number of carboxylic acid groups (broad SMARTS) is 1. The highest BCUT2D eigenvalue weighted by atomic mass is 19.1. The second kappa shape index (κ2) is 5.95. The number of esters is 1. The van der Waals surface area contributed by atoms with Gasteiger partial charge in [0.05, 0.1) is 18.6 Å². The van der Waals surface area contributed by atoms with E-state index in [2.05, 4.69) is 4.74 Å². The molecule has 0 saturated carbocycles. The number of aliphatic carboxylic acids is 1. The van der Waals surface area contributed by atoms with Gasteiger partial charge in [0.15, 0.2) is 0 Å². The van der Waals surface area contributed by atoms with Gasteiger partial charge >= 0.3 is 11.9 Å². The summed E-state index contributed by atoms with van der Waals surface area (Å²) in [5.41, 5.74) is 0.543. The Balaban J connectivity index is 3.13. The number of hydrogen-bond donors (Lipinski definition) is 1. The summed E-state index contributed by atoms with van der Waals surface area (Å²) in [6.45, 7) is 1.38. The number of benzene rings is 1. The molecule has 4 nitrogen and oxygen atoms in total. The molecule has 0 aliphatic heterocycles. The first-order valence-electron chi connectivity index (χ1n) is 5.24. The summed E-state index contributed by atoms with van der Waals surface area (Å²) >= 11 is 0. The van der Waals surface area contributed by atoms with Crippen molar-refractivity contribution in [1.29, 1.82) is 0 Å². The molecule has 0 aliphatic rings. The number of halogens is 1. The van der Waals surface area contributed by atoms with E-state index in [1.807, 2.05) is 0 Å². The average molecular weight is 252 g/mol. The highest BCUT2D eigenvalue weighted by Gasteiger charge is 2.23. The van der Waals surface area contributed by atoms with Crippen molar-refractivity contribution >= 4 is 18.0 Å². The van der Waals surface area contributed by atoms with Gasteiger partial charge in [-0.2, -0.15) is 0 Å². The molecule has 0 fully saturated rings. The molecule has 1 rings (SSSR count). The van der Waals surface area contributed by atoms with E-state index in [0.717, 1.165) is 0 Å². The van der Waals surface area contributed by atoms with Gasteiger partial charge in [0.1, 0.15) is 5.82 Å². The summed E-state index contributed by atoms with van der Waals surface area (Å²) < 4.78 is 17.3.